The van der Waals surface area contributed by atoms with Gasteiger partial charge in [0.2, 0.25) is 18.0 Å². The standard InChI is InChI=1S/C19H19N3O4/c1-11-9-12(2)17(13(3)10-11)19-21(14(4)23)20-18(26-19)15-7-5-6-8-16(15)22(24)25/h5-10,19H,1-4H3/t19-/m0/s1. The first-order chi connectivity index (χ1) is 12.3. The van der Waals surface area contributed by atoms with Crippen LogP contribution in [0.1, 0.15) is 41.0 Å². The summed E-state index contributed by atoms with van der Waals surface area (Å²) in [6.07, 6.45) is -0.747. The van der Waals surface area contributed by atoms with Gasteiger partial charge in [-0.05, 0) is 38.0 Å². The molecule has 0 spiro atoms. The molecule has 0 fully saturated rings. The molecule has 0 unspecified atom stereocenters. The number of hydrogen-bond acceptors (Lipinski definition) is 5. The monoisotopic (exact) mass is 353 g/mol. The van der Waals surface area contributed by atoms with Gasteiger partial charge in [0.15, 0.2) is 0 Å². The van der Waals surface area contributed by atoms with E-state index in [0.29, 0.717) is 0 Å². The van der Waals surface area contributed by atoms with Gasteiger partial charge in [-0.25, -0.2) is 0 Å². The van der Waals surface area contributed by atoms with Gasteiger partial charge in [-0.1, -0.05) is 29.8 Å². The molecule has 0 N–H and O–H groups in total. The number of hydrazone groups is 1. The van der Waals surface area contributed by atoms with Crippen LogP contribution in [0.4, 0.5) is 5.69 Å². The highest BCUT2D eigenvalue weighted by atomic mass is 16.6. The number of carbonyl (C=O) groups is 1. The number of nitro groups is 1. The van der Waals surface area contributed by atoms with Crippen LogP contribution in [0.3, 0.4) is 0 Å². The smallest absolute Gasteiger partial charge is 0.282 e. The van der Waals surface area contributed by atoms with Crippen molar-refractivity contribution in [2.45, 2.75) is 33.9 Å². The highest BCUT2D eigenvalue weighted by molar-refractivity contribution is 5.99. The summed E-state index contributed by atoms with van der Waals surface area (Å²) in [6.45, 7) is 7.28. The number of carbonyl (C=O) groups excluding carboxylic acids is 1. The van der Waals surface area contributed by atoms with Gasteiger partial charge >= 0.3 is 0 Å². The lowest BCUT2D eigenvalue weighted by Crippen LogP contribution is -2.26. The third-order valence-electron chi connectivity index (χ3n) is 4.28. The molecule has 2 aromatic carbocycles. The maximum atomic E-state index is 12.1. The first-order valence-electron chi connectivity index (χ1n) is 8.16. The number of nitro benzene ring substituents is 1. The van der Waals surface area contributed by atoms with Crippen molar-refractivity contribution >= 4 is 17.5 Å². The lowest BCUT2D eigenvalue weighted by atomic mass is 9.98. The second kappa shape index (κ2) is 6.59. The van der Waals surface area contributed by atoms with E-state index in [0.717, 1.165) is 22.3 Å². The zero-order valence-electron chi connectivity index (χ0n) is 15.0. The Morgan fingerprint density at radius 1 is 1.19 bits per heavy atom. The molecule has 0 aliphatic carbocycles. The van der Waals surface area contributed by atoms with E-state index in [9.17, 15) is 14.9 Å². The Kier molecular flexibility index (Phi) is 4.46. The predicted octanol–water partition coefficient (Wildman–Crippen LogP) is 3.76. The van der Waals surface area contributed by atoms with E-state index in [2.05, 4.69) is 5.10 Å². The number of benzene rings is 2. The summed E-state index contributed by atoms with van der Waals surface area (Å²) >= 11 is 0. The number of amides is 1. The Labute approximate surface area is 151 Å². The lowest BCUT2D eigenvalue weighted by molar-refractivity contribution is -0.385. The normalized spacial score (nSPS) is 16.2. The first-order valence-corrected chi connectivity index (χ1v) is 8.16. The SMILES string of the molecule is CC(=O)N1N=C(c2ccccc2[N+](=O)[O-])O[C@H]1c1c(C)cc(C)cc1C. The van der Waals surface area contributed by atoms with Crippen LogP contribution in [0.5, 0.6) is 0 Å². The highest BCUT2D eigenvalue weighted by Crippen LogP contribution is 2.36. The van der Waals surface area contributed by atoms with Crippen LogP contribution in [0.2, 0.25) is 0 Å². The summed E-state index contributed by atoms with van der Waals surface area (Å²) in [5.41, 5.74) is 4.01. The van der Waals surface area contributed by atoms with Gasteiger partial charge in [-0.3, -0.25) is 14.9 Å². The van der Waals surface area contributed by atoms with Gasteiger partial charge < -0.3 is 4.74 Å². The van der Waals surface area contributed by atoms with Crippen molar-refractivity contribution in [1.82, 2.24) is 5.01 Å². The Morgan fingerprint density at radius 3 is 2.38 bits per heavy atom. The van der Waals surface area contributed by atoms with Gasteiger partial charge in [0.05, 0.1) is 4.92 Å². The molecule has 0 radical (unpaired) electrons. The number of ether oxygens (including phenoxy) is 1. The van der Waals surface area contributed by atoms with E-state index in [1.54, 1.807) is 18.2 Å². The van der Waals surface area contributed by atoms with Crippen molar-refractivity contribution in [1.29, 1.82) is 0 Å². The number of para-hydroxylation sites is 1. The molecule has 7 nitrogen and oxygen atoms in total. The van der Waals surface area contributed by atoms with Crippen LogP contribution in [-0.2, 0) is 9.53 Å². The summed E-state index contributed by atoms with van der Waals surface area (Å²) in [4.78, 5) is 22.9. The molecule has 7 heteroatoms. The van der Waals surface area contributed by atoms with Crippen molar-refractivity contribution in [3.63, 3.8) is 0 Å². The van der Waals surface area contributed by atoms with Crippen molar-refractivity contribution in [3.05, 3.63) is 74.3 Å². The van der Waals surface area contributed by atoms with E-state index in [1.165, 1.54) is 18.0 Å². The van der Waals surface area contributed by atoms with Gasteiger partial charge in [-0.2, -0.15) is 5.01 Å². The molecule has 3 rings (SSSR count). The maximum absolute atomic E-state index is 12.1. The molecule has 1 aliphatic rings. The summed E-state index contributed by atoms with van der Waals surface area (Å²) in [6, 6.07) is 10.2. The summed E-state index contributed by atoms with van der Waals surface area (Å²) in [7, 11) is 0. The quantitative estimate of drug-likeness (QED) is 0.621. The van der Waals surface area contributed by atoms with E-state index in [1.807, 2.05) is 32.9 Å². The van der Waals surface area contributed by atoms with Gasteiger partial charge in [0.1, 0.15) is 5.56 Å². The highest BCUT2D eigenvalue weighted by Gasteiger charge is 2.37. The van der Waals surface area contributed by atoms with Gasteiger partial charge in [-0.15, -0.1) is 5.10 Å². The summed E-state index contributed by atoms with van der Waals surface area (Å²) < 4.78 is 5.95. The summed E-state index contributed by atoms with van der Waals surface area (Å²) in [5.74, 6) is -0.236. The van der Waals surface area contributed by atoms with Crippen molar-refractivity contribution < 1.29 is 14.5 Å². The van der Waals surface area contributed by atoms with Crippen LogP contribution in [0.25, 0.3) is 0 Å². The topological polar surface area (TPSA) is 85.0 Å². The molecule has 0 saturated heterocycles. The third kappa shape index (κ3) is 3.03. The average Bonchev–Trinajstić information content (AvgIpc) is 2.99. The molecule has 1 heterocycles. The fourth-order valence-electron chi connectivity index (χ4n) is 3.26. The molecule has 0 bridgehead atoms. The zero-order valence-corrected chi connectivity index (χ0v) is 15.0. The minimum absolute atomic E-state index is 0.0666. The van der Waals surface area contributed by atoms with Crippen LogP contribution in [0.15, 0.2) is 41.5 Å². The Morgan fingerprint density at radius 2 is 1.81 bits per heavy atom. The number of nitrogens with zero attached hydrogens (tertiary/aromatic N) is 3. The molecule has 0 aromatic heterocycles. The van der Waals surface area contributed by atoms with E-state index in [4.69, 9.17) is 4.74 Å². The largest absolute Gasteiger partial charge is 0.445 e. The van der Waals surface area contributed by atoms with E-state index in [-0.39, 0.29) is 23.1 Å². The second-order valence-electron chi connectivity index (χ2n) is 6.33. The third-order valence-corrected chi connectivity index (χ3v) is 4.28. The molecule has 1 amide bonds. The van der Waals surface area contributed by atoms with Gasteiger partial charge in [0.25, 0.3) is 5.69 Å². The zero-order chi connectivity index (χ0) is 19.0. The van der Waals surface area contributed by atoms with Crippen molar-refractivity contribution in [2.75, 3.05) is 0 Å². The first kappa shape index (κ1) is 17.6. The molecule has 1 aliphatic heterocycles. The molecule has 2 aromatic rings. The van der Waals surface area contributed by atoms with Crippen LogP contribution in [0, 0.1) is 30.9 Å². The van der Waals surface area contributed by atoms with Gasteiger partial charge in [0, 0.05) is 18.6 Å². The van der Waals surface area contributed by atoms with Crippen LogP contribution in [-0.4, -0.2) is 21.7 Å². The number of hydrogen-bond donors (Lipinski definition) is 0. The Bertz CT molecular complexity index is 913. The fourth-order valence-corrected chi connectivity index (χ4v) is 3.26. The Balaban J connectivity index is 2.08. The molecule has 26 heavy (non-hydrogen) atoms. The van der Waals surface area contributed by atoms with Crippen molar-refractivity contribution in [3.8, 4) is 0 Å². The molecule has 134 valence electrons. The molecule has 0 saturated carbocycles. The van der Waals surface area contributed by atoms with Crippen molar-refractivity contribution in [2.24, 2.45) is 5.10 Å². The fraction of sp³-hybridized carbons (Fsp3) is 0.263. The lowest BCUT2D eigenvalue weighted by Gasteiger charge is -2.23. The van der Waals surface area contributed by atoms with E-state index < -0.39 is 11.2 Å². The van der Waals surface area contributed by atoms with E-state index >= 15 is 0 Å². The van der Waals surface area contributed by atoms with Crippen LogP contribution >= 0.6 is 0 Å². The Hall–Kier alpha value is -3.22. The molecular weight excluding hydrogens is 334 g/mol. The summed E-state index contributed by atoms with van der Waals surface area (Å²) in [5, 5.41) is 16.8. The average molecular weight is 353 g/mol. The number of aryl methyl sites for hydroxylation is 3. The molecular formula is C19H19N3O4. The number of rotatable bonds is 3. The maximum Gasteiger partial charge on any atom is 0.282 e. The minimum Gasteiger partial charge on any atom is -0.445 e. The molecule has 1 atom stereocenters. The minimum atomic E-state index is -0.747. The van der Waals surface area contributed by atoms with Crippen LogP contribution < -0.4 is 0 Å². The predicted molar refractivity (Wildman–Crippen MR) is 96.6 cm³/mol. The second-order valence-corrected chi connectivity index (χ2v) is 6.33.